The summed E-state index contributed by atoms with van der Waals surface area (Å²) in [5, 5.41) is 7.57. The van der Waals surface area contributed by atoms with E-state index in [1.165, 1.54) is 0 Å². The first-order valence-corrected chi connectivity index (χ1v) is 6.14. The van der Waals surface area contributed by atoms with Crippen LogP contribution in [0.4, 0.5) is 5.69 Å². The molecule has 1 heterocycles. The fraction of sp³-hybridized carbons (Fsp3) is 0.143. The molecule has 7 nitrogen and oxygen atoms in total. The molecule has 21 heavy (non-hydrogen) atoms. The Morgan fingerprint density at radius 3 is 2.24 bits per heavy atom. The van der Waals surface area contributed by atoms with Crippen LogP contribution in [0.25, 0.3) is 11.0 Å². The van der Waals surface area contributed by atoms with Crippen LogP contribution in [0.3, 0.4) is 0 Å². The van der Waals surface area contributed by atoms with Crippen LogP contribution < -0.4 is 19.9 Å². The molecule has 7 heteroatoms. The first-order chi connectivity index (χ1) is 10.2. The van der Waals surface area contributed by atoms with Gasteiger partial charge in [-0.1, -0.05) is 6.07 Å². The molecule has 2 N–H and O–H groups in total. The van der Waals surface area contributed by atoms with E-state index in [0.29, 0.717) is 39.7 Å². The lowest BCUT2D eigenvalue weighted by Gasteiger charge is -2.13. The maximum atomic E-state index is 5.88. The average Bonchev–Trinajstić information content (AvgIpc) is 3.00. The van der Waals surface area contributed by atoms with Gasteiger partial charge in [0.25, 0.3) is 0 Å². The van der Waals surface area contributed by atoms with Crippen molar-refractivity contribution in [2.45, 2.75) is 0 Å². The number of hydrogen-bond acceptors (Lipinski definition) is 7. The number of fused-ring (bicyclic) bond motifs is 1. The molecule has 0 saturated heterocycles. The smallest absolute Gasteiger partial charge is 0.211 e. The molecule has 3 aromatic rings. The Kier molecular flexibility index (Phi) is 3.23. The zero-order valence-corrected chi connectivity index (χ0v) is 11.5. The Morgan fingerprint density at radius 2 is 1.57 bits per heavy atom. The molecular formula is C14H13N3O4. The topological polar surface area (TPSA) is 92.6 Å². The van der Waals surface area contributed by atoms with Crippen molar-refractivity contribution in [3.63, 3.8) is 0 Å². The molecular weight excluding hydrogens is 274 g/mol. The minimum Gasteiger partial charge on any atom is -0.493 e. The highest BCUT2D eigenvalue weighted by Crippen LogP contribution is 2.41. The van der Waals surface area contributed by atoms with E-state index in [0.717, 1.165) is 0 Å². The molecule has 0 fully saturated rings. The van der Waals surface area contributed by atoms with Crippen molar-refractivity contribution in [3.05, 3.63) is 30.3 Å². The monoisotopic (exact) mass is 287 g/mol. The van der Waals surface area contributed by atoms with Crippen molar-refractivity contribution in [1.29, 1.82) is 0 Å². The third kappa shape index (κ3) is 2.18. The largest absolute Gasteiger partial charge is 0.493 e. The van der Waals surface area contributed by atoms with Crippen LogP contribution in [-0.4, -0.2) is 24.5 Å². The fourth-order valence-corrected chi connectivity index (χ4v) is 1.97. The summed E-state index contributed by atoms with van der Waals surface area (Å²) < 4.78 is 21.2. The summed E-state index contributed by atoms with van der Waals surface area (Å²) >= 11 is 0. The normalized spacial score (nSPS) is 10.6. The van der Waals surface area contributed by atoms with Crippen molar-refractivity contribution < 1.29 is 18.8 Å². The van der Waals surface area contributed by atoms with Crippen LogP contribution in [0.2, 0.25) is 0 Å². The van der Waals surface area contributed by atoms with Crippen LogP contribution in [-0.2, 0) is 0 Å². The summed E-state index contributed by atoms with van der Waals surface area (Å²) in [5.74, 6) is 1.96. The molecule has 0 spiro atoms. The Hall–Kier alpha value is -2.96. The third-order valence-electron chi connectivity index (χ3n) is 3.00. The maximum absolute atomic E-state index is 5.88. The van der Waals surface area contributed by atoms with Crippen LogP contribution in [0.1, 0.15) is 0 Å². The lowest BCUT2D eigenvalue weighted by Crippen LogP contribution is -1.95. The highest BCUT2D eigenvalue weighted by Gasteiger charge is 2.17. The Balaban J connectivity index is 2.11. The minimum atomic E-state index is 0.433. The second-order valence-electron chi connectivity index (χ2n) is 4.21. The van der Waals surface area contributed by atoms with Gasteiger partial charge in [-0.2, -0.15) is 0 Å². The molecule has 0 bridgehead atoms. The van der Waals surface area contributed by atoms with E-state index >= 15 is 0 Å². The molecule has 3 rings (SSSR count). The van der Waals surface area contributed by atoms with E-state index in [-0.39, 0.29) is 0 Å². The van der Waals surface area contributed by atoms with Gasteiger partial charge in [-0.25, -0.2) is 4.63 Å². The quantitative estimate of drug-likeness (QED) is 0.737. The van der Waals surface area contributed by atoms with Gasteiger partial charge in [-0.15, -0.1) is 0 Å². The number of hydrogen-bond donors (Lipinski definition) is 1. The van der Waals surface area contributed by atoms with Gasteiger partial charge in [0.05, 0.1) is 19.9 Å². The molecule has 0 radical (unpaired) electrons. The molecule has 2 aromatic carbocycles. The van der Waals surface area contributed by atoms with Crippen molar-refractivity contribution in [2.75, 3.05) is 20.0 Å². The van der Waals surface area contributed by atoms with Crippen molar-refractivity contribution in [3.8, 4) is 23.0 Å². The predicted molar refractivity (Wildman–Crippen MR) is 75.8 cm³/mol. The van der Waals surface area contributed by atoms with Crippen molar-refractivity contribution in [2.24, 2.45) is 0 Å². The third-order valence-corrected chi connectivity index (χ3v) is 3.00. The SMILES string of the molecule is COc1cccc(OC)c1Oc1ccc(N)c2nonc12. The summed E-state index contributed by atoms with van der Waals surface area (Å²) in [4.78, 5) is 0. The van der Waals surface area contributed by atoms with Gasteiger partial charge in [0.2, 0.25) is 5.75 Å². The first-order valence-electron chi connectivity index (χ1n) is 6.14. The number of nitrogens with two attached hydrogens (primary N) is 1. The number of aromatic nitrogens is 2. The number of ether oxygens (including phenoxy) is 3. The van der Waals surface area contributed by atoms with Crippen molar-refractivity contribution >= 4 is 16.7 Å². The summed E-state index contributed by atoms with van der Waals surface area (Å²) in [7, 11) is 3.11. The molecule has 0 amide bonds. The van der Waals surface area contributed by atoms with Crippen molar-refractivity contribution in [1.82, 2.24) is 10.3 Å². The molecule has 0 aliphatic carbocycles. The van der Waals surface area contributed by atoms with E-state index in [2.05, 4.69) is 10.3 Å². The number of para-hydroxylation sites is 1. The van der Waals surface area contributed by atoms with E-state index in [1.54, 1.807) is 44.6 Å². The van der Waals surface area contributed by atoms with Gasteiger partial charge in [0, 0.05) is 0 Å². The van der Waals surface area contributed by atoms with E-state index in [9.17, 15) is 0 Å². The Bertz CT molecular complexity index is 763. The maximum Gasteiger partial charge on any atom is 0.211 e. The number of anilines is 1. The summed E-state index contributed by atoms with van der Waals surface area (Å²) in [6, 6.07) is 8.71. The van der Waals surface area contributed by atoms with Gasteiger partial charge in [0.15, 0.2) is 28.3 Å². The van der Waals surface area contributed by atoms with Gasteiger partial charge < -0.3 is 19.9 Å². The highest BCUT2D eigenvalue weighted by molar-refractivity contribution is 5.90. The van der Waals surface area contributed by atoms with Gasteiger partial charge >= 0.3 is 0 Å². The number of nitrogens with zero attached hydrogens (tertiary/aromatic N) is 2. The summed E-state index contributed by atoms with van der Waals surface area (Å²) in [6.07, 6.45) is 0. The lowest BCUT2D eigenvalue weighted by molar-refractivity contribution is 0.313. The standard InChI is InChI=1S/C14H13N3O4/c1-18-10-4-3-5-11(19-2)14(10)20-9-7-6-8(15)12-13(9)17-21-16-12/h3-7H,15H2,1-2H3. The second-order valence-corrected chi connectivity index (χ2v) is 4.21. The highest BCUT2D eigenvalue weighted by atomic mass is 16.6. The second kappa shape index (κ2) is 5.20. The summed E-state index contributed by atoms with van der Waals surface area (Å²) in [5.41, 5.74) is 7.15. The first kappa shape index (κ1) is 13.0. The number of rotatable bonds is 4. The molecule has 0 saturated carbocycles. The number of benzene rings is 2. The molecule has 0 atom stereocenters. The van der Waals surface area contributed by atoms with Crippen LogP contribution in [0.5, 0.6) is 23.0 Å². The molecule has 0 aliphatic heterocycles. The number of methoxy groups -OCH3 is 2. The summed E-state index contributed by atoms with van der Waals surface area (Å²) in [6.45, 7) is 0. The number of nitrogen functional groups attached to an aromatic ring is 1. The Labute approximate surface area is 120 Å². The van der Waals surface area contributed by atoms with Gasteiger partial charge in [-0.05, 0) is 34.6 Å². The zero-order valence-electron chi connectivity index (χ0n) is 11.5. The fourth-order valence-electron chi connectivity index (χ4n) is 1.97. The van der Waals surface area contributed by atoms with E-state index in [4.69, 9.17) is 24.6 Å². The zero-order chi connectivity index (χ0) is 14.8. The van der Waals surface area contributed by atoms with Gasteiger partial charge in [0.1, 0.15) is 0 Å². The van der Waals surface area contributed by atoms with Crippen LogP contribution >= 0.6 is 0 Å². The lowest BCUT2D eigenvalue weighted by atomic mass is 10.2. The molecule has 108 valence electrons. The van der Waals surface area contributed by atoms with E-state index < -0.39 is 0 Å². The van der Waals surface area contributed by atoms with Crippen LogP contribution in [0, 0.1) is 0 Å². The molecule has 0 aliphatic rings. The predicted octanol–water partition coefficient (Wildman–Crippen LogP) is 2.61. The molecule has 0 unspecified atom stereocenters. The minimum absolute atomic E-state index is 0.433. The Morgan fingerprint density at radius 1 is 0.905 bits per heavy atom. The average molecular weight is 287 g/mol. The van der Waals surface area contributed by atoms with Gasteiger partial charge in [-0.3, -0.25) is 0 Å². The van der Waals surface area contributed by atoms with Crippen LogP contribution in [0.15, 0.2) is 35.0 Å². The van der Waals surface area contributed by atoms with E-state index in [1.807, 2.05) is 0 Å². The molecule has 1 aromatic heterocycles.